The minimum atomic E-state index is -1.06. The summed E-state index contributed by atoms with van der Waals surface area (Å²) in [5, 5.41) is 9.17. The van der Waals surface area contributed by atoms with Crippen LogP contribution in [0.1, 0.15) is 17.5 Å². The van der Waals surface area contributed by atoms with E-state index in [9.17, 15) is 9.18 Å². The number of nitrogens with zero attached hydrogens (tertiary/aromatic N) is 1. The van der Waals surface area contributed by atoms with Crippen LogP contribution in [-0.4, -0.2) is 47.9 Å². The Morgan fingerprint density at radius 2 is 2.25 bits per heavy atom. The first-order chi connectivity index (χ1) is 9.51. The van der Waals surface area contributed by atoms with Gasteiger partial charge in [0.2, 0.25) is 0 Å². The maximum atomic E-state index is 13.3. The summed E-state index contributed by atoms with van der Waals surface area (Å²) < 4.78 is 18.8. The zero-order valence-electron chi connectivity index (χ0n) is 11.8. The summed E-state index contributed by atoms with van der Waals surface area (Å²) >= 11 is 0. The van der Waals surface area contributed by atoms with Crippen LogP contribution in [0.15, 0.2) is 18.2 Å². The SMILES string of the molecule is Cc1ccc(C)c(OCC(=O)N2C[C@@H](F)C[C@H]2CO)c1. The van der Waals surface area contributed by atoms with Gasteiger partial charge in [-0.1, -0.05) is 12.1 Å². The minimum absolute atomic E-state index is 0.0419. The van der Waals surface area contributed by atoms with Crippen molar-refractivity contribution in [1.29, 1.82) is 0 Å². The Balaban J connectivity index is 1.96. The second kappa shape index (κ2) is 6.22. The molecule has 1 aromatic rings. The molecule has 1 N–H and O–H groups in total. The molecule has 1 fully saturated rings. The van der Waals surface area contributed by atoms with Gasteiger partial charge in [0.25, 0.3) is 5.91 Å². The zero-order valence-corrected chi connectivity index (χ0v) is 11.8. The van der Waals surface area contributed by atoms with Crippen molar-refractivity contribution < 1.29 is 19.0 Å². The molecule has 2 rings (SSSR count). The maximum absolute atomic E-state index is 13.3. The van der Waals surface area contributed by atoms with Gasteiger partial charge in [0.1, 0.15) is 11.9 Å². The molecule has 20 heavy (non-hydrogen) atoms. The van der Waals surface area contributed by atoms with Crippen molar-refractivity contribution in [1.82, 2.24) is 4.90 Å². The molecular formula is C15H20FNO3. The van der Waals surface area contributed by atoms with Crippen LogP contribution in [-0.2, 0) is 4.79 Å². The molecule has 1 saturated heterocycles. The van der Waals surface area contributed by atoms with Crippen LogP contribution >= 0.6 is 0 Å². The van der Waals surface area contributed by atoms with E-state index in [1.54, 1.807) is 0 Å². The molecular weight excluding hydrogens is 261 g/mol. The number of carbonyl (C=O) groups excluding carboxylic acids is 1. The van der Waals surface area contributed by atoms with Gasteiger partial charge in [-0.05, 0) is 31.0 Å². The summed E-state index contributed by atoms with van der Waals surface area (Å²) in [6.45, 7) is 3.55. The molecule has 1 aromatic carbocycles. The van der Waals surface area contributed by atoms with Crippen molar-refractivity contribution in [2.75, 3.05) is 19.8 Å². The first-order valence-electron chi connectivity index (χ1n) is 6.75. The van der Waals surface area contributed by atoms with Crippen LogP contribution in [0.2, 0.25) is 0 Å². The molecule has 110 valence electrons. The first-order valence-corrected chi connectivity index (χ1v) is 6.75. The molecule has 0 unspecified atom stereocenters. The molecule has 0 spiro atoms. The second-order valence-electron chi connectivity index (χ2n) is 5.27. The van der Waals surface area contributed by atoms with Gasteiger partial charge >= 0.3 is 0 Å². The minimum Gasteiger partial charge on any atom is -0.483 e. The number of aliphatic hydroxyl groups excluding tert-OH is 1. The summed E-state index contributed by atoms with van der Waals surface area (Å²) in [5.41, 5.74) is 2.00. The summed E-state index contributed by atoms with van der Waals surface area (Å²) in [4.78, 5) is 13.4. The van der Waals surface area contributed by atoms with Crippen LogP contribution in [0.25, 0.3) is 0 Å². The van der Waals surface area contributed by atoms with Gasteiger partial charge in [0.15, 0.2) is 6.61 Å². The number of hydrogen-bond donors (Lipinski definition) is 1. The van der Waals surface area contributed by atoms with E-state index in [1.165, 1.54) is 4.90 Å². The smallest absolute Gasteiger partial charge is 0.260 e. The zero-order chi connectivity index (χ0) is 14.7. The van der Waals surface area contributed by atoms with Gasteiger partial charge in [0.05, 0.1) is 19.2 Å². The van der Waals surface area contributed by atoms with Crippen molar-refractivity contribution in [3.63, 3.8) is 0 Å². The van der Waals surface area contributed by atoms with Crippen LogP contribution in [0.4, 0.5) is 4.39 Å². The fourth-order valence-corrected chi connectivity index (χ4v) is 2.42. The lowest BCUT2D eigenvalue weighted by Crippen LogP contribution is -2.40. The van der Waals surface area contributed by atoms with E-state index in [4.69, 9.17) is 9.84 Å². The van der Waals surface area contributed by atoms with E-state index < -0.39 is 12.2 Å². The van der Waals surface area contributed by atoms with E-state index in [2.05, 4.69) is 0 Å². The highest BCUT2D eigenvalue weighted by Crippen LogP contribution is 2.22. The number of carbonyl (C=O) groups is 1. The average Bonchev–Trinajstić information content (AvgIpc) is 2.80. The predicted octanol–water partition coefficient (Wildman–Crippen LogP) is 1.61. The number of aryl methyl sites for hydroxylation is 2. The lowest BCUT2D eigenvalue weighted by molar-refractivity contribution is -0.135. The maximum Gasteiger partial charge on any atom is 0.260 e. The molecule has 0 aliphatic carbocycles. The summed E-state index contributed by atoms with van der Waals surface area (Å²) in [5.74, 6) is 0.375. The highest BCUT2D eigenvalue weighted by molar-refractivity contribution is 5.78. The third kappa shape index (κ3) is 3.28. The topological polar surface area (TPSA) is 49.8 Å². The molecule has 1 aliphatic rings. The average molecular weight is 281 g/mol. The number of halogens is 1. The number of alkyl halides is 1. The molecule has 0 aromatic heterocycles. The third-order valence-electron chi connectivity index (χ3n) is 3.59. The fraction of sp³-hybridized carbons (Fsp3) is 0.533. The van der Waals surface area contributed by atoms with Crippen molar-refractivity contribution in [2.45, 2.75) is 32.5 Å². The molecule has 5 heteroatoms. The molecule has 1 heterocycles. The highest BCUT2D eigenvalue weighted by Gasteiger charge is 2.34. The number of hydrogen-bond acceptors (Lipinski definition) is 3. The van der Waals surface area contributed by atoms with Crippen LogP contribution in [0.5, 0.6) is 5.75 Å². The van der Waals surface area contributed by atoms with E-state index in [1.807, 2.05) is 32.0 Å². The normalized spacial score (nSPS) is 22.1. The number of likely N-dealkylation sites (tertiary alicyclic amines) is 1. The molecule has 0 bridgehead atoms. The molecule has 0 radical (unpaired) electrons. The van der Waals surface area contributed by atoms with Gasteiger partial charge in [-0.3, -0.25) is 4.79 Å². The van der Waals surface area contributed by atoms with Crippen molar-refractivity contribution in [2.24, 2.45) is 0 Å². The van der Waals surface area contributed by atoms with E-state index in [-0.39, 0.29) is 32.1 Å². The van der Waals surface area contributed by atoms with Crippen molar-refractivity contribution >= 4 is 5.91 Å². The lowest BCUT2D eigenvalue weighted by Gasteiger charge is -2.22. The Hall–Kier alpha value is -1.62. The standard InChI is InChI=1S/C15H20FNO3/c1-10-3-4-11(2)14(5-10)20-9-15(19)17-7-12(16)6-13(17)8-18/h3-5,12-13,18H,6-9H2,1-2H3/t12-,13-/m0/s1. The summed E-state index contributed by atoms with van der Waals surface area (Å²) in [6.07, 6.45) is -0.858. The van der Waals surface area contributed by atoms with E-state index in [0.717, 1.165) is 11.1 Å². The summed E-state index contributed by atoms with van der Waals surface area (Å²) in [7, 11) is 0. The predicted molar refractivity (Wildman–Crippen MR) is 73.5 cm³/mol. The van der Waals surface area contributed by atoms with Gasteiger partial charge in [-0.2, -0.15) is 0 Å². The number of amides is 1. The lowest BCUT2D eigenvalue weighted by atomic mass is 10.1. The second-order valence-corrected chi connectivity index (χ2v) is 5.27. The largest absolute Gasteiger partial charge is 0.483 e. The van der Waals surface area contributed by atoms with Crippen molar-refractivity contribution in [3.05, 3.63) is 29.3 Å². The fourth-order valence-electron chi connectivity index (χ4n) is 2.42. The molecule has 1 amide bonds. The van der Waals surface area contributed by atoms with E-state index >= 15 is 0 Å². The van der Waals surface area contributed by atoms with Crippen LogP contribution < -0.4 is 4.74 Å². The number of rotatable bonds is 4. The van der Waals surface area contributed by atoms with Crippen LogP contribution in [0, 0.1) is 13.8 Å². The van der Waals surface area contributed by atoms with Gasteiger partial charge in [0, 0.05) is 6.42 Å². The summed E-state index contributed by atoms with van der Waals surface area (Å²) in [6, 6.07) is 5.34. The highest BCUT2D eigenvalue weighted by atomic mass is 19.1. The van der Waals surface area contributed by atoms with Gasteiger partial charge in [-0.25, -0.2) is 4.39 Å². The third-order valence-corrected chi connectivity index (χ3v) is 3.59. The van der Waals surface area contributed by atoms with Crippen LogP contribution in [0.3, 0.4) is 0 Å². The number of aliphatic hydroxyl groups is 1. The van der Waals surface area contributed by atoms with Crippen molar-refractivity contribution in [3.8, 4) is 5.75 Å². The van der Waals surface area contributed by atoms with E-state index in [0.29, 0.717) is 5.75 Å². The first kappa shape index (κ1) is 14.8. The Morgan fingerprint density at radius 3 is 2.95 bits per heavy atom. The molecule has 0 saturated carbocycles. The Bertz CT molecular complexity index is 492. The molecule has 2 atom stereocenters. The Morgan fingerprint density at radius 1 is 1.50 bits per heavy atom. The number of ether oxygens (including phenoxy) is 1. The Kier molecular flexibility index (Phi) is 4.60. The molecule has 4 nitrogen and oxygen atoms in total. The van der Waals surface area contributed by atoms with Gasteiger partial charge in [-0.15, -0.1) is 0 Å². The quantitative estimate of drug-likeness (QED) is 0.912. The Labute approximate surface area is 118 Å². The van der Waals surface area contributed by atoms with Gasteiger partial charge < -0.3 is 14.7 Å². The molecule has 1 aliphatic heterocycles. The number of benzene rings is 1. The monoisotopic (exact) mass is 281 g/mol.